The second kappa shape index (κ2) is 3.61. The highest BCUT2D eigenvalue weighted by Gasteiger charge is 2.06. The van der Waals surface area contributed by atoms with Crippen molar-refractivity contribution in [1.82, 2.24) is 14.6 Å². The molecule has 3 rings (SSSR count). The third-order valence-corrected chi connectivity index (χ3v) is 3.22. The molecule has 3 aromatic rings. The molecule has 0 saturated heterocycles. The summed E-state index contributed by atoms with van der Waals surface area (Å²) in [5.74, 6) is 1.42. The summed E-state index contributed by atoms with van der Waals surface area (Å²) in [6, 6.07) is 9.72. The Hall–Kier alpha value is -1.88. The van der Waals surface area contributed by atoms with Gasteiger partial charge >= 0.3 is 0 Å². The molecule has 0 fully saturated rings. The van der Waals surface area contributed by atoms with Gasteiger partial charge in [0.2, 0.25) is 0 Å². The van der Waals surface area contributed by atoms with Crippen molar-refractivity contribution in [3.63, 3.8) is 0 Å². The molecule has 0 aliphatic carbocycles. The van der Waals surface area contributed by atoms with E-state index in [9.17, 15) is 0 Å². The summed E-state index contributed by atoms with van der Waals surface area (Å²) in [5.41, 5.74) is 6.60. The van der Waals surface area contributed by atoms with Crippen LogP contribution >= 0.6 is 11.3 Å². The highest BCUT2D eigenvalue weighted by atomic mass is 32.1. The Morgan fingerprint density at radius 1 is 1.25 bits per heavy atom. The van der Waals surface area contributed by atoms with Gasteiger partial charge in [0.25, 0.3) is 0 Å². The number of aromatic nitrogens is 3. The zero-order chi connectivity index (χ0) is 11.0. The molecule has 16 heavy (non-hydrogen) atoms. The number of nitrogens with zero attached hydrogens (tertiary/aromatic N) is 3. The number of nitrogens with two attached hydrogens (primary N) is 1. The molecule has 0 saturated carbocycles. The van der Waals surface area contributed by atoms with Crippen molar-refractivity contribution in [3.05, 3.63) is 46.4 Å². The van der Waals surface area contributed by atoms with Crippen molar-refractivity contribution in [2.24, 2.45) is 0 Å². The van der Waals surface area contributed by atoms with E-state index in [1.165, 1.54) is 4.88 Å². The SMILES string of the molecule is Nc1cccc2nc(Cc3cccs3)nn12. The first-order chi connectivity index (χ1) is 7.83. The van der Waals surface area contributed by atoms with Crippen LogP contribution in [0.4, 0.5) is 5.82 Å². The number of anilines is 1. The summed E-state index contributed by atoms with van der Waals surface area (Å²) < 4.78 is 1.67. The molecular formula is C11H10N4S. The van der Waals surface area contributed by atoms with E-state index in [4.69, 9.17) is 5.73 Å². The number of hydrogen-bond acceptors (Lipinski definition) is 4. The van der Waals surface area contributed by atoms with Gasteiger partial charge in [0.05, 0.1) is 0 Å². The molecule has 3 aromatic heterocycles. The van der Waals surface area contributed by atoms with Crippen LogP contribution in [0.25, 0.3) is 5.65 Å². The van der Waals surface area contributed by atoms with Crippen molar-refractivity contribution >= 4 is 22.8 Å². The van der Waals surface area contributed by atoms with Crippen LogP contribution in [0.15, 0.2) is 35.7 Å². The molecule has 4 nitrogen and oxygen atoms in total. The first-order valence-electron chi connectivity index (χ1n) is 4.95. The molecule has 0 aromatic carbocycles. The highest BCUT2D eigenvalue weighted by Crippen LogP contribution is 2.14. The maximum Gasteiger partial charge on any atom is 0.157 e. The van der Waals surface area contributed by atoms with Crippen LogP contribution in [0, 0.1) is 0 Å². The standard InChI is InChI=1S/C11H10N4S/c12-9-4-1-5-11-13-10(14-15(9)11)7-8-3-2-6-16-8/h1-6H,7,12H2. The summed E-state index contributed by atoms with van der Waals surface area (Å²) in [6.45, 7) is 0. The van der Waals surface area contributed by atoms with Gasteiger partial charge in [-0.05, 0) is 23.6 Å². The van der Waals surface area contributed by atoms with E-state index in [1.807, 2.05) is 24.3 Å². The molecule has 0 radical (unpaired) electrons. The van der Waals surface area contributed by atoms with Gasteiger partial charge in [-0.15, -0.1) is 16.4 Å². The zero-order valence-corrected chi connectivity index (χ0v) is 9.31. The number of pyridine rings is 1. The van der Waals surface area contributed by atoms with E-state index >= 15 is 0 Å². The van der Waals surface area contributed by atoms with Gasteiger partial charge in [0, 0.05) is 11.3 Å². The maximum atomic E-state index is 5.81. The Kier molecular flexibility index (Phi) is 2.11. The minimum Gasteiger partial charge on any atom is -0.384 e. The van der Waals surface area contributed by atoms with Crippen LogP contribution in [0.2, 0.25) is 0 Å². The number of fused-ring (bicyclic) bond motifs is 1. The molecule has 0 unspecified atom stereocenters. The maximum absolute atomic E-state index is 5.81. The number of thiophene rings is 1. The third kappa shape index (κ3) is 1.55. The second-order valence-electron chi connectivity index (χ2n) is 3.50. The summed E-state index contributed by atoms with van der Waals surface area (Å²) >= 11 is 1.71. The minimum absolute atomic E-state index is 0.613. The fourth-order valence-corrected chi connectivity index (χ4v) is 2.32. The van der Waals surface area contributed by atoms with Crippen molar-refractivity contribution in [2.45, 2.75) is 6.42 Å². The van der Waals surface area contributed by atoms with E-state index in [0.29, 0.717) is 5.82 Å². The Labute approximate surface area is 96.4 Å². The monoisotopic (exact) mass is 230 g/mol. The van der Waals surface area contributed by atoms with Crippen molar-refractivity contribution < 1.29 is 0 Å². The first kappa shape index (κ1) is 9.35. The summed E-state index contributed by atoms with van der Waals surface area (Å²) in [6.07, 6.45) is 0.763. The Bertz CT molecular complexity index is 612. The van der Waals surface area contributed by atoms with Crippen LogP contribution in [0.5, 0.6) is 0 Å². The van der Waals surface area contributed by atoms with Crippen LogP contribution in [0.1, 0.15) is 10.7 Å². The van der Waals surface area contributed by atoms with Gasteiger partial charge in [0.1, 0.15) is 5.82 Å². The van der Waals surface area contributed by atoms with E-state index in [0.717, 1.165) is 17.9 Å². The Morgan fingerprint density at radius 2 is 2.19 bits per heavy atom. The fourth-order valence-electron chi connectivity index (χ4n) is 1.61. The normalized spacial score (nSPS) is 11.0. The smallest absolute Gasteiger partial charge is 0.157 e. The van der Waals surface area contributed by atoms with E-state index in [2.05, 4.69) is 21.5 Å². The molecular weight excluding hydrogens is 220 g/mol. The summed E-state index contributed by atoms with van der Waals surface area (Å²) in [5, 5.41) is 6.43. The van der Waals surface area contributed by atoms with Crippen LogP contribution in [-0.4, -0.2) is 14.6 Å². The average molecular weight is 230 g/mol. The van der Waals surface area contributed by atoms with Gasteiger partial charge in [0.15, 0.2) is 11.5 Å². The van der Waals surface area contributed by atoms with E-state index in [-0.39, 0.29) is 0 Å². The topological polar surface area (TPSA) is 56.2 Å². The average Bonchev–Trinajstić information content (AvgIpc) is 2.88. The molecule has 0 amide bonds. The lowest BCUT2D eigenvalue weighted by Crippen LogP contribution is -1.97. The molecule has 3 heterocycles. The fraction of sp³-hybridized carbons (Fsp3) is 0.0909. The molecule has 0 spiro atoms. The van der Waals surface area contributed by atoms with Crippen molar-refractivity contribution in [3.8, 4) is 0 Å². The lowest BCUT2D eigenvalue weighted by Gasteiger charge is -1.94. The van der Waals surface area contributed by atoms with E-state index in [1.54, 1.807) is 15.9 Å². The van der Waals surface area contributed by atoms with Gasteiger partial charge in [-0.25, -0.2) is 4.98 Å². The molecule has 2 N–H and O–H groups in total. The second-order valence-corrected chi connectivity index (χ2v) is 4.54. The lowest BCUT2D eigenvalue weighted by molar-refractivity contribution is 0.913. The molecule has 0 aliphatic heterocycles. The van der Waals surface area contributed by atoms with E-state index < -0.39 is 0 Å². The number of rotatable bonds is 2. The first-order valence-corrected chi connectivity index (χ1v) is 5.83. The van der Waals surface area contributed by atoms with Gasteiger partial charge in [-0.2, -0.15) is 4.52 Å². The van der Waals surface area contributed by atoms with Crippen LogP contribution in [0.3, 0.4) is 0 Å². The van der Waals surface area contributed by atoms with Crippen molar-refractivity contribution in [1.29, 1.82) is 0 Å². The predicted octanol–water partition coefficient (Wildman–Crippen LogP) is 1.96. The van der Waals surface area contributed by atoms with Crippen LogP contribution in [-0.2, 0) is 6.42 Å². The third-order valence-electron chi connectivity index (χ3n) is 2.35. The molecule has 0 aliphatic rings. The zero-order valence-electron chi connectivity index (χ0n) is 8.50. The summed E-state index contributed by atoms with van der Waals surface area (Å²) in [7, 11) is 0. The molecule has 0 bridgehead atoms. The minimum atomic E-state index is 0.613. The number of hydrogen-bond donors (Lipinski definition) is 1. The molecule has 80 valence electrons. The van der Waals surface area contributed by atoms with Crippen LogP contribution < -0.4 is 5.73 Å². The van der Waals surface area contributed by atoms with Crippen molar-refractivity contribution in [2.75, 3.05) is 5.73 Å². The van der Waals surface area contributed by atoms with Gasteiger partial charge in [-0.3, -0.25) is 0 Å². The largest absolute Gasteiger partial charge is 0.384 e. The summed E-state index contributed by atoms with van der Waals surface area (Å²) in [4.78, 5) is 5.69. The molecule has 5 heteroatoms. The van der Waals surface area contributed by atoms with Gasteiger partial charge in [-0.1, -0.05) is 12.1 Å². The van der Waals surface area contributed by atoms with Gasteiger partial charge < -0.3 is 5.73 Å². The quantitative estimate of drug-likeness (QED) is 0.732. The predicted molar refractivity (Wildman–Crippen MR) is 64.5 cm³/mol. The molecule has 0 atom stereocenters. The Balaban J connectivity index is 2.02. The highest BCUT2D eigenvalue weighted by molar-refractivity contribution is 7.09. The number of nitrogen functional groups attached to an aromatic ring is 1. The Morgan fingerprint density at radius 3 is 2.94 bits per heavy atom. The lowest BCUT2D eigenvalue weighted by atomic mass is 10.3.